The first kappa shape index (κ1) is 17.4. The number of halogens is 1. The number of likely N-dealkylation sites (N-methyl/N-ethyl adjacent to an activating group) is 1. The molecule has 1 fully saturated rings. The van der Waals surface area contributed by atoms with Gasteiger partial charge in [0.15, 0.2) is 0 Å². The molecule has 25 heavy (non-hydrogen) atoms. The minimum absolute atomic E-state index is 0.0222. The van der Waals surface area contributed by atoms with Crippen LogP contribution in [0.3, 0.4) is 0 Å². The zero-order valence-electron chi connectivity index (χ0n) is 14.4. The maximum Gasteiger partial charge on any atom is 0.272 e. The Balaban J connectivity index is 1.52. The van der Waals surface area contributed by atoms with Crippen LogP contribution in [-0.4, -0.2) is 60.5 Å². The number of anilines is 1. The third kappa shape index (κ3) is 4.54. The molecule has 1 aliphatic heterocycles. The van der Waals surface area contributed by atoms with Gasteiger partial charge in [0.25, 0.3) is 5.91 Å². The van der Waals surface area contributed by atoms with Crippen molar-refractivity contribution in [2.45, 2.75) is 6.42 Å². The average molecular weight is 342 g/mol. The summed E-state index contributed by atoms with van der Waals surface area (Å²) in [5.41, 5.74) is 1.97. The lowest BCUT2D eigenvalue weighted by molar-refractivity contribution is 0.0658. The highest BCUT2D eigenvalue weighted by molar-refractivity contribution is 5.92. The average Bonchev–Trinajstić information content (AvgIpc) is 2.64. The number of carbonyl (C=O) groups is 1. The third-order valence-electron chi connectivity index (χ3n) is 4.45. The molecular formula is C19H23FN4O. The summed E-state index contributed by atoms with van der Waals surface area (Å²) in [7, 11) is 2.06. The highest BCUT2D eigenvalue weighted by Crippen LogP contribution is 2.11. The first-order valence-electron chi connectivity index (χ1n) is 8.54. The van der Waals surface area contributed by atoms with Crippen LogP contribution >= 0.6 is 0 Å². The largest absolute Gasteiger partial charge is 0.383 e. The van der Waals surface area contributed by atoms with Crippen molar-refractivity contribution >= 4 is 11.6 Å². The van der Waals surface area contributed by atoms with Crippen LogP contribution in [0, 0.1) is 5.82 Å². The number of hydrogen-bond donors (Lipinski definition) is 1. The summed E-state index contributed by atoms with van der Waals surface area (Å²) in [5.74, 6) is -0.207. The Kier molecular flexibility index (Phi) is 5.60. The molecule has 2 heterocycles. The zero-order chi connectivity index (χ0) is 17.6. The fourth-order valence-electron chi connectivity index (χ4n) is 2.84. The number of carbonyl (C=O) groups excluding carboxylic acids is 1. The maximum atomic E-state index is 13.6. The minimum atomic E-state index is -0.185. The van der Waals surface area contributed by atoms with Gasteiger partial charge in [-0.05, 0) is 37.2 Å². The fourth-order valence-corrected chi connectivity index (χ4v) is 2.84. The van der Waals surface area contributed by atoms with E-state index in [1.54, 1.807) is 24.4 Å². The summed E-state index contributed by atoms with van der Waals surface area (Å²) in [6.07, 6.45) is 2.25. The molecule has 0 atom stereocenters. The molecule has 1 aromatic carbocycles. The number of hydrogen-bond acceptors (Lipinski definition) is 4. The molecule has 1 amide bonds. The van der Waals surface area contributed by atoms with E-state index < -0.39 is 0 Å². The SMILES string of the molecule is CN1CCN(C(=O)c2ccc(NCCc3ccccc3F)cn2)CC1. The predicted molar refractivity (Wildman–Crippen MR) is 96.2 cm³/mol. The minimum Gasteiger partial charge on any atom is -0.383 e. The standard InChI is InChI=1S/C19H23FN4O/c1-23-10-12-24(13-11-23)19(25)18-7-6-16(14-22-18)21-9-8-15-4-2-3-5-17(15)20/h2-7,14,21H,8-13H2,1H3. The van der Waals surface area contributed by atoms with E-state index in [1.165, 1.54) is 6.07 Å². The molecule has 0 saturated carbocycles. The lowest BCUT2D eigenvalue weighted by Crippen LogP contribution is -2.47. The molecule has 1 aliphatic rings. The van der Waals surface area contributed by atoms with Gasteiger partial charge in [-0.1, -0.05) is 18.2 Å². The van der Waals surface area contributed by atoms with E-state index in [2.05, 4.69) is 22.2 Å². The van der Waals surface area contributed by atoms with Gasteiger partial charge in [0.1, 0.15) is 11.5 Å². The molecule has 1 N–H and O–H groups in total. The van der Waals surface area contributed by atoms with Gasteiger partial charge in [0, 0.05) is 32.7 Å². The number of benzene rings is 1. The second-order valence-electron chi connectivity index (χ2n) is 6.30. The van der Waals surface area contributed by atoms with Crippen molar-refractivity contribution in [2.75, 3.05) is 45.1 Å². The van der Waals surface area contributed by atoms with Crippen molar-refractivity contribution in [3.63, 3.8) is 0 Å². The molecule has 1 aromatic heterocycles. The van der Waals surface area contributed by atoms with Crippen LogP contribution in [0.15, 0.2) is 42.6 Å². The monoisotopic (exact) mass is 342 g/mol. The summed E-state index contributed by atoms with van der Waals surface area (Å²) >= 11 is 0. The summed E-state index contributed by atoms with van der Waals surface area (Å²) in [6.45, 7) is 3.86. The lowest BCUT2D eigenvalue weighted by Gasteiger charge is -2.32. The highest BCUT2D eigenvalue weighted by atomic mass is 19.1. The van der Waals surface area contributed by atoms with Crippen LogP contribution in [0.25, 0.3) is 0 Å². The number of nitrogens with one attached hydrogen (secondary N) is 1. The Morgan fingerprint density at radius 3 is 2.60 bits per heavy atom. The summed E-state index contributed by atoms with van der Waals surface area (Å²) in [4.78, 5) is 20.8. The summed E-state index contributed by atoms with van der Waals surface area (Å²) < 4.78 is 13.6. The van der Waals surface area contributed by atoms with Crippen molar-refractivity contribution in [3.05, 3.63) is 59.7 Å². The Morgan fingerprint density at radius 1 is 1.16 bits per heavy atom. The van der Waals surface area contributed by atoms with Crippen LogP contribution in [0.5, 0.6) is 0 Å². The summed E-state index contributed by atoms with van der Waals surface area (Å²) in [5, 5.41) is 3.21. The molecule has 0 unspecified atom stereocenters. The molecule has 0 bridgehead atoms. The molecule has 3 rings (SSSR count). The van der Waals surface area contributed by atoms with Gasteiger partial charge in [0.05, 0.1) is 11.9 Å². The van der Waals surface area contributed by atoms with Crippen LogP contribution in [0.1, 0.15) is 16.1 Å². The molecule has 6 heteroatoms. The molecule has 0 spiro atoms. The van der Waals surface area contributed by atoms with Gasteiger partial charge in [-0.15, -0.1) is 0 Å². The first-order chi connectivity index (χ1) is 12.1. The van der Waals surface area contributed by atoms with E-state index in [0.29, 0.717) is 24.2 Å². The second kappa shape index (κ2) is 8.07. The predicted octanol–water partition coefficient (Wildman–Crippen LogP) is 2.26. The molecule has 0 radical (unpaired) electrons. The Hall–Kier alpha value is -2.47. The number of aromatic nitrogens is 1. The quantitative estimate of drug-likeness (QED) is 0.906. The number of rotatable bonds is 5. The first-order valence-corrected chi connectivity index (χ1v) is 8.54. The van der Waals surface area contributed by atoms with E-state index in [0.717, 1.165) is 31.9 Å². The Morgan fingerprint density at radius 2 is 1.92 bits per heavy atom. The Bertz CT molecular complexity index is 712. The third-order valence-corrected chi connectivity index (χ3v) is 4.45. The smallest absolute Gasteiger partial charge is 0.272 e. The Labute approximate surface area is 147 Å². The van der Waals surface area contributed by atoms with Crippen molar-refractivity contribution in [1.82, 2.24) is 14.8 Å². The molecule has 5 nitrogen and oxygen atoms in total. The van der Waals surface area contributed by atoms with Crippen molar-refractivity contribution in [1.29, 1.82) is 0 Å². The van der Waals surface area contributed by atoms with Crippen LogP contribution in [-0.2, 0) is 6.42 Å². The zero-order valence-corrected chi connectivity index (χ0v) is 14.4. The summed E-state index contributed by atoms with van der Waals surface area (Å²) in [6, 6.07) is 10.4. The topological polar surface area (TPSA) is 48.5 Å². The van der Waals surface area contributed by atoms with E-state index in [9.17, 15) is 9.18 Å². The molecule has 2 aromatic rings. The van der Waals surface area contributed by atoms with Gasteiger partial charge in [0.2, 0.25) is 0 Å². The lowest BCUT2D eigenvalue weighted by atomic mass is 10.1. The van der Waals surface area contributed by atoms with Gasteiger partial charge < -0.3 is 15.1 Å². The molecule has 132 valence electrons. The maximum absolute atomic E-state index is 13.6. The van der Waals surface area contributed by atoms with Crippen molar-refractivity contribution in [3.8, 4) is 0 Å². The van der Waals surface area contributed by atoms with Gasteiger partial charge in [-0.2, -0.15) is 0 Å². The van der Waals surface area contributed by atoms with Crippen molar-refractivity contribution < 1.29 is 9.18 Å². The van der Waals surface area contributed by atoms with Gasteiger partial charge >= 0.3 is 0 Å². The number of amides is 1. The normalized spacial score (nSPS) is 15.2. The van der Waals surface area contributed by atoms with Crippen LogP contribution < -0.4 is 5.32 Å². The highest BCUT2D eigenvalue weighted by Gasteiger charge is 2.21. The van der Waals surface area contributed by atoms with Crippen LogP contribution in [0.4, 0.5) is 10.1 Å². The van der Waals surface area contributed by atoms with E-state index in [4.69, 9.17) is 0 Å². The number of pyridine rings is 1. The fraction of sp³-hybridized carbons (Fsp3) is 0.368. The van der Waals surface area contributed by atoms with Gasteiger partial charge in [-0.3, -0.25) is 4.79 Å². The van der Waals surface area contributed by atoms with Gasteiger partial charge in [-0.25, -0.2) is 9.37 Å². The number of nitrogens with zero attached hydrogens (tertiary/aromatic N) is 3. The van der Waals surface area contributed by atoms with Crippen LogP contribution in [0.2, 0.25) is 0 Å². The van der Waals surface area contributed by atoms with E-state index in [-0.39, 0.29) is 11.7 Å². The molecule has 0 aliphatic carbocycles. The molecule has 1 saturated heterocycles. The second-order valence-corrected chi connectivity index (χ2v) is 6.30. The number of piperazine rings is 1. The van der Waals surface area contributed by atoms with E-state index >= 15 is 0 Å². The van der Waals surface area contributed by atoms with Crippen molar-refractivity contribution in [2.24, 2.45) is 0 Å². The molecular weight excluding hydrogens is 319 g/mol. The van der Waals surface area contributed by atoms with E-state index in [1.807, 2.05) is 17.0 Å².